The topological polar surface area (TPSA) is 67.3 Å². The van der Waals surface area contributed by atoms with E-state index in [1.54, 1.807) is 6.20 Å². The van der Waals surface area contributed by atoms with Crippen LogP contribution in [0.4, 0.5) is 5.95 Å². The summed E-state index contributed by atoms with van der Waals surface area (Å²) in [6.45, 7) is 2.37. The average Bonchev–Trinajstić information content (AvgIpc) is 2.66. The number of para-hydroxylation sites is 1. The second kappa shape index (κ2) is 8.29. The molecule has 1 fully saturated rings. The predicted octanol–water partition coefficient (Wildman–Crippen LogP) is 2.16. The summed E-state index contributed by atoms with van der Waals surface area (Å²) in [4.78, 5) is 23.0. The second-order valence-electron chi connectivity index (χ2n) is 5.77. The molecule has 0 radical (unpaired) electrons. The molecule has 0 spiro atoms. The van der Waals surface area contributed by atoms with E-state index in [0.29, 0.717) is 12.3 Å². The Hall–Kier alpha value is -2.63. The Balaban J connectivity index is 1.48. The maximum Gasteiger partial charge on any atom is 0.258 e. The zero-order valence-electron chi connectivity index (χ0n) is 13.6. The van der Waals surface area contributed by atoms with E-state index in [2.05, 4.69) is 20.2 Å². The molecule has 1 aromatic heterocycles. The Kier molecular flexibility index (Phi) is 5.61. The maximum atomic E-state index is 11.9. The number of ether oxygens (including phenoxy) is 1. The molecule has 0 aliphatic carbocycles. The molecular formula is C18H22N4O2. The van der Waals surface area contributed by atoms with E-state index in [9.17, 15) is 4.79 Å². The summed E-state index contributed by atoms with van der Waals surface area (Å²) < 4.78 is 5.42. The first-order chi connectivity index (χ1) is 11.8. The Labute approximate surface area is 141 Å². The summed E-state index contributed by atoms with van der Waals surface area (Å²) in [5.74, 6) is 1.26. The summed E-state index contributed by atoms with van der Waals surface area (Å²) >= 11 is 0. The number of amides is 1. The van der Waals surface area contributed by atoms with Crippen molar-refractivity contribution >= 4 is 11.9 Å². The quantitative estimate of drug-likeness (QED) is 0.881. The van der Waals surface area contributed by atoms with Gasteiger partial charge in [0.15, 0.2) is 6.61 Å². The Morgan fingerprint density at radius 3 is 2.71 bits per heavy atom. The molecule has 6 nitrogen and oxygen atoms in total. The van der Waals surface area contributed by atoms with Crippen LogP contribution in [0.2, 0.25) is 0 Å². The molecule has 1 amide bonds. The van der Waals surface area contributed by atoms with Gasteiger partial charge in [0.1, 0.15) is 5.75 Å². The van der Waals surface area contributed by atoms with E-state index in [0.717, 1.165) is 24.7 Å². The predicted molar refractivity (Wildman–Crippen MR) is 91.9 cm³/mol. The molecule has 6 heteroatoms. The lowest BCUT2D eigenvalue weighted by atomic mass is 10.1. The van der Waals surface area contributed by atoms with E-state index in [1.807, 2.05) is 36.4 Å². The molecule has 1 saturated heterocycles. The fourth-order valence-corrected chi connectivity index (χ4v) is 2.64. The third-order valence-electron chi connectivity index (χ3n) is 3.92. The molecule has 0 saturated carbocycles. The summed E-state index contributed by atoms with van der Waals surface area (Å²) in [6, 6.07) is 11.1. The van der Waals surface area contributed by atoms with Crippen molar-refractivity contribution in [3.8, 4) is 5.75 Å². The number of piperidine rings is 1. The van der Waals surface area contributed by atoms with E-state index >= 15 is 0 Å². The van der Waals surface area contributed by atoms with Gasteiger partial charge in [-0.15, -0.1) is 0 Å². The molecule has 2 aromatic rings. The van der Waals surface area contributed by atoms with Crippen LogP contribution in [0.1, 0.15) is 25.0 Å². The number of nitrogens with one attached hydrogen (secondary N) is 1. The van der Waals surface area contributed by atoms with Crippen molar-refractivity contribution in [2.75, 3.05) is 24.6 Å². The largest absolute Gasteiger partial charge is 0.484 e. The number of carbonyl (C=O) groups is 1. The average molecular weight is 326 g/mol. The van der Waals surface area contributed by atoms with Gasteiger partial charge in [-0.2, -0.15) is 0 Å². The first kappa shape index (κ1) is 16.2. The number of benzene rings is 1. The SMILES string of the molecule is O=C(COc1ccccc1)NCc1ccnc(N2CCCCC2)n1. The highest BCUT2D eigenvalue weighted by Gasteiger charge is 2.13. The first-order valence-corrected chi connectivity index (χ1v) is 8.33. The summed E-state index contributed by atoms with van der Waals surface area (Å²) in [6.07, 6.45) is 5.38. The first-order valence-electron chi connectivity index (χ1n) is 8.33. The van der Waals surface area contributed by atoms with Crippen LogP contribution in [0.15, 0.2) is 42.6 Å². The van der Waals surface area contributed by atoms with Crippen LogP contribution in [0.5, 0.6) is 5.75 Å². The third kappa shape index (κ3) is 4.68. The minimum absolute atomic E-state index is 0.00587. The molecule has 3 rings (SSSR count). The number of nitrogens with zero attached hydrogens (tertiary/aromatic N) is 3. The minimum Gasteiger partial charge on any atom is -0.484 e. The monoisotopic (exact) mass is 326 g/mol. The Morgan fingerprint density at radius 1 is 1.12 bits per heavy atom. The van der Waals surface area contributed by atoms with Gasteiger partial charge < -0.3 is 15.0 Å². The normalized spacial score (nSPS) is 14.2. The molecule has 0 bridgehead atoms. The molecule has 0 unspecified atom stereocenters. The number of aromatic nitrogens is 2. The van der Waals surface area contributed by atoms with Crippen molar-refractivity contribution in [1.29, 1.82) is 0 Å². The number of hydrogen-bond acceptors (Lipinski definition) is 5. The van der Waals surface area contributed by atoms with Gasteiger partial charge in [-0.1, -0.05) is 18.2 Å². The Morgan fingerprint density at radius 2 is 1.92 bits per heavy atom. The highest BCUT2D eigenvalue weighted by molar-refractivity contribution is 5.77. The number of carbonyl (C=O) groups excluding carboxylic acids is 1. The Bertz CT molecular complexity index is 657. The van der Waals surface area contributed by atoms with Gasteiger partial charge in [-0.25, -0.2) is 9.97 Å². The molecule has 1 aromatic carbocycles. The van der Waals surface area contributed by atoms with Crippen molar-refractivity contribution in [3.63, 3.8) is 0 Å². The van der Waals surface area contributed by atoms with Crippen molar-refractivity contribution in [2.45, 2.75) is 25.8 Å². The van der Waals surface area contributed by atoms with Crippen LogP contribution < -0.4 is 15.0 Å². The van der Waals surface area contributed by atoms with E-state index < -0.39 is 0 Å². The molecule has 24 heavy (non-hydrogen) atoms. The van der Waals surface area contributed by atoms with Gasteiger partial charge in [0.05, 0.1) is 12.2 Å². The van der Waals surface area contributed by atoms with Crippen molar-refractivity contribution < 1.29 is 9.53 Å². The summed E-state index contributed by atoms with van der Waals surface area (Å²) in [5, 5.41) is 2.83. The summed E-state index contributed by atoms with van der Waals surface area (Å²) in [5.41, 5.74) is 0.804. The maximum absolute atomic E-state index is 11.9. The van der Waals surface area contributed by atoms with Crippen LogP contribution in [-0.2, 0) is 11.3 Å². The summed E-state index contributed by atoms with van der Waals surface area (Å²) in [7, 11) is 0. The van der Waals surface area contributed by atoms with Crippen molar-refractivity contribution in [2.24, 2.45) is 0 Å². The molecule has 1 aliphatic heterocycles. The van der Waals surface area contributed by atoms with Crippen LogP contribution in [0.3, 0.4) is 0 Å². The number of rotatable bonds is 6. The third-order valence-corrected chi connectivity index (χ3v) is 3.92. The lowest BCUT2D eigenvalue weighted by Crippen LogP contribution is -2.32. The lowest BCUT2D eigenvalue weighted by Gasteiger charge is -2.26. The highest BCUT2D eigenvalue weighted by atomic mass is 16.5. The van der Waals surface area contributed by atoms with Crippen LogP contribution >= 0.6 is 0 Å². The molecule has 126 valence electrons. The van der Waals surface area contributed by atoms with Gasteiger partial charge in [0, 0.05) is 19.3 Å². The fraction of sp³-hybridized carbons (Fsp3) is 0.389. The fourth-order valence-electron chi connectivity index (χ4n) is 2.64. The van der Waals surface area contributed by atoms with Gasteiger partial charge in [-0.05, 0) is 37.5 Å². The van der Waals surface area contributed by atoms with E-state index in [1.165, 1.54) is 19.3 Å². The molecule has 2 heterocycles. The van der Waals surface area contributed by atoms with Gasteiger partial charge in [0.2, 0.25) is 5.95 Å². The second-order valence-corrected chi connectivity index (χ2v) is 5.77. The highest BCUT2D eigenvalue weighted by Crippen LogP contribution is 2.15. The van der Waals surface area contributed by atoms with Crippen molar-refractivity contribution in [3.05, 3.63) is 48.3 Å². The molecule has 1 aliphatic rings. The molecule has 1 N–H and O–H groups in total. The van der Waals surface area contributed by atoms with E-state index in [-0.39, 0.29) is 12.5 Å². The zero-order valence-corrected chi connectivity index (χ0v) is 13.6. The molecule has 0 atom stereocenters. The molecular weight excluding hydrogens is 304 g/mol. The van der Waals surface area contributed by atoms with Gasteiger partial charge >= 0.3 is 0 Å². The smallest absolute Gasteiger partial charge is 0.258 e. The van der Waals surface area contributed by atoms with Crippen LogP contribution in [0.25, 0.3) is 0 Å². The van der Waals surface area contributed by atoms with Gasteiger partial charge in [0.25, 0.3) is 5.91 Å². The minimum atomic E-state index is -0.169. The van der Waals surface area contributed by atoms with Crippen LogP contribution in [-0.4, -0.2) is 35.6 Å². The standard InChI is InChI=1S/C18H22N4O2/c23-17(14-24-16-7-3-1-4-8-16)20-13-15-9-10-19-18(21-15)22-11-5-2-6-12-22/h1,3-4,7-10H,2,5-6,11-14H2,(H,20,23). The number of hydrogen-bond donors (Lipinski definition) is 1. The zero-order chi connectivity index (χ0) is 16.6. The van der Waals surface area contributed by atoms with Gasteiger partial charge in [-0.3, -0.25) is 4.79 Å². The number of anilines is 1. The lowest BCUT2D eigenvalue weighted by molar-refractivity contribution is -0.123. The van der Waals surface area contributed by atoms with Crippen molar-refractivity contribution in [1.82, 2.24) is 15.3 Å². The van der Waals surface area contributed by atoms with Crippen LogP contribution in [0, 0.1) is 0 Å². The van der Waals surface area contributed by atoms with E-state index in [4.69, 9.17) is 4.74 Å².